The number of aromatic nitrogens is 2. The fourth-order valence-corrected chi connectivity index (χ4v) is 2.12. The molecule has 0 amide bonds. The lowest BCUT2D eigenvalue weighted by Gasteiger charge is -2.09. The van der Waals surface area contributed by atoms with Crippen molar-refractivity contribution in [1.29, 1.82) is 0 Å². The van der Waals surface area contributed by atoms with Crippen molar-refractivity contribution in [2.24, 2.45) is 7.05 Å². The van der Waals surface area contributed by atoms with Crippen molar-refractivity contribution in [3.63, 3.8) is 0 Å². The fraction of sp³-hybridized carbons (Fsp3) is 0.600. The quantitative estimate of drug-likeness (QED) is 0.718. The van der Waals surface area contributed by atoms with Crippen LogP contribution in [-0.4, -0.2) is 27.9 Å². The van der Waals surface area contributed by atoms with E-state index in [1.807, 2.05) is 24.7 Å². The highest BCUT2D eigenvalue weighted by Gasteiger charge is 2.10. The maximum atomic E-state index is 11.0. The van der Waals surface area contributed by atoms with E-state index in [4.69, 9.17) is 0 Å². The Morgan fingerprint density at radius 2 is 2.47 bits per heavy atom. The Kier molecular flexibility index (Phi) is 4.68. The molecule has 1 atom stereocenters. The van der Waals surface area contributed by atoms with Crippen LogP contribution in [0.1, 0.15) is 19.0 Å². The topological polar surface area (TPSA) is 44.1 Å². The van der Waals surface area contributed by atoms with Crippen LogP contribution in [0.5, 0.6) is 0 Å². The first-order valence-corrected chi connectivity index (χ1v) is 5.82. The van der Waals surface area contributed by atoms with Crippen LogP contribution in [0.25, 0.3) is 0 Å². The first-order valence-electron chi connectivity index (χ1n) is 4.77. The summed E-state index contributed by atoms with van der Waals surface area (Å²) in [5, 5.41) is 0.271. The number of hydrogen-bond acceptors (Lipinski definition) is 4. The summed E-state index contributed by atoms with van der Waals surface area (Å²) >= 11 is 1.73. The average molecular weight is 228 g/mol. The summed E-state index contributed by atoms with van der Waals surface area (Å²) in [7, 11) is 3.38. The van der Waals surface area contributed by atoms with Gasteiger partial charge in [0.1, 0.15) is 0 Å². The zero-order chi connectivity index (χ0) is 11.3. The van der Waals surface area contributed by atoms with Crippen LogP contribution in [0, 0.1) is 0 Å². The third-order valence-corrected chi connectivity index (χ3v) is 3.31. The Morgan fingerprint density at radius 3 is 3.00 bits per heavy atom. The maximum absolute atomic E-state index is 11.0. The molecule has 0 saturated carbocycles. The Morgan fingerprint density at radius 1 is 1.73 bits per heavy atom. The van der Waals surface area contributed by atoms with Crippen LogP contribution in [0.2, 0.25) is 0 Å². The van der Waals surface area contributed by atoms with Gasteiger partial charge in [-0.15, -0.1) is 0 Å². The second kappa shape index (κ2) is 5.80. The molecule has 0 aliphatic carbocycles. The van der Waals surface area contributed by atoms with Crippen LogP contribution in [0.15, 0.2) is 12.5 Å². The standard InChI is InChI=1S/C10H16N2O2S/c1-8(4-10(13)14-3)15-6-9-5-11-7-12(9)2/h5,7-8H,4,6H2,1-3H3. The van der Waals surface area contributed by atoms with Gasteiger partial charge in [0.15, 0.2) is 0 Å². The molecule has 0 fully saturated rings. The highest BCUT2D eigenvalue weighted by atomic mass is 32.2. The van der Waals surface area contributed by atoms with Gasteiger partial charge in [-0.2, -0.15) is 11.8 Å². The highest BCUT2D eigenvalue weighted by molar-refractivity contribution is 7.99. The van der Waals surface area contributed by atoms with Gasteiger partial charge in [0, 0.05) is 29.9 Å². The van der Waals surface area contributed by atoms with E-state index >= 15 is 0 Å². The number of hydrogen-bond donors (Lipinski definition) is 0. The third kappa shape index (κ3) is 3.95. The lowest BCUT2D eigenvalue weighted by molar-refractivity contribution is -0.140. The normalized spacial score (nSPS) is 12.5. The van der Waals surface area contributed by atoms with E-state index in [2.05, 4.69) is 9.72 Å². The van der Waals surface area contributed by atoms with Gasteiger partial charge in [-0.3, -0.25) is 4.79 Å². The van der Waals surface area contributed by atoms with Crippen LogP contribution in [-0.2, 0) is 22.3 Å². The van der Waals surface area contributed by atoms with Crippen molar-refractivity contribution in [2.75, 3.05) is 7.11 Å². The number of carbonyl (C=O) groups excluding carboxylic acids is 1. The lowest BCUT2D eigenvalue weighted by atomic mass is 10.3. The number of ether oxygens (including phenoxy) is 1. The Balaban J connectivity index is 2.31. The van der Waals surface area contributed by atoms with Crippen LogP contribution < -0.4 is 0 Å². The summed E-state index contributed by atoms with van der Waals surface area (Å²) in [5.74, 6) is 0.717. The highest BCUT2D eigenvalue weighted by Crippen LogP contribution is 2.19. The lowest BCUT2D eigenvalue weighted by Crippen LogP contribution is -2.09. The van der Waals surface area contributed by atoms with E-state index in [1.165, 1.54) is 7.11 Å². The van der Waals surface area contributed by atoms with Crippen LogP contribution in [0.4, 0.5) is 0 Å². The number of thioether (sulfide) groups is 1. The molecule has 1 aromatic rings. The molecule has 0 aliphatic heterocycles. The van der Waals surface area contributed by atoms with E-state index in [-0.39, 0.29) is 11.2 Å². The summed E-state index contributed by atoms with van der Waals surface area (Å²) in [6.45, 7) is 2.03. The van der Waals surface area contributed by atoms with Crippen LogP contribution >= 0.6 is 11.8 Å². The number of methoxy groups -OCH3 is 1. The second-order valence-electron chi connectivity index (χ2n) is 3.40. The zero-order valence-corrected chi connectivity index (χ0v) is 10.1. The van der Waals surface area contributed by atoms with E-state index in [1.54, 1.807) is 18.1 Å². The monoisotopic (exact) mass is 228 g/mol. The van der Waals surface area contributed by atoms with Gasteiger partial charge in [0.2, 0.25) is 0 Å². The molecule has 0 aromatic carbocycles. The molecule has 0 bridgehead atoms. The number of esters is 1. The molecule has 0 aliphatic rings. The summed E-state index contributed by atoms with van der Waals surface area (Å²) in [6.07, 6.45) is 4.08. The predicted octanol–water partition coefficient (Wildman–Crippen LogP) is 1.60. The fourth-order valence-electron chi connectivity index (χ4n) is 1.13. The zero-order valence-electron chi connectivity index (χ0n) is 9.27. The Bertz CT molecular complexity index is 325. The summed E-state index contributed by atoms with van der Waals surface area (Å²) in [6, 6.07) is 0. The van der Waals surface area contributed by atoms with E-state index in [9.17, 15) is 4.79 Å². The molecule has 4 nitrogen and oxygen atoms in total. The van der Waals surface area contributed by atoms with Gasteiger partial charge in [0.25, 0.3) is 0 Å². The molecule has 1 aromatic heterocycles. The molecule has 1 unspecified atom stereocenters. The van der Waals surface area contributed by atoms with Crippen LogP contribution in [0.3, 0.4) is 0 Å². The summed E-state index contributed by atoms with van der Waals surface area (Å²) in [4.78, 5) is 15.0. The smallest absolute Gasteiger partial charge is 0.306 e. The molecule has 0 radical (unpaired) electrons. The van der Waals surface area contributed by atoms with Crippen molar-refractivity contribution in [2.45, 2.75) is 24.3 Å². The molecular weight excluding hydrogens is 212 g/mol. The molecule has 0 saturated heterocycles. The van der Waals surface area contributed by atoms with Crippen molar-refractivity contribution in [1.82, 2.24) is 9.55 Å². The maximum Gasteiger partial charge on any atom is 0.306 e. The van der Waals surface area contributed by atoms with Gasteiger partial charge >= 0.3 is 5.97 Å². The molecular formula is C10H16N2O2S. The van der Waals surface area contributed by atoms with E-state index in [0.717, 1.165) is 11.4 Å². The SMILES string of the molecule is COC(=O)CC(C)SCc1cncn1C. The molecule has 84 valence electrons. The average Bonchev–Trinajstić information content (AvgIpc) is 2.61. The van der Waals surface area contributed by atoms with Gasteiger partial charge in [-0.25, -0.2) is 4.98 Å². The van der Waals surface area contributed by atoms with Gasteiger partial charge < -0.3 is 9.30 Å². The molecule has 1 heterocycles. The minimum Gasteiger partial charge on any atom is -0.469 e. The van der Waals surface area contributed by atoms with E-state index < -0.39 is 0 Å². The van der Waals surface area contributed by atoms with Gasteiger partial charge in [0.05, 0.1) is 19.9 Å². The predicted molar refractivity (Wildman–Crippen MR) is 60.6 cm³/mol. The number of nitrogens with zero attached hydrogens (tertiary/aromatic N) is 2. The summed E-state index contributed by atoms with van der Waals surface area (Å²) in [5.41, 5.74) is 1.16. The molecule has 15 heavy (non-hydrogen) atoms. The summed E-state index contributed by atoms with van der Waals surface area (Å²) < 4.78 is 6.60. The van der Waals surface area contributed by atoms with Gasteiger partial charge in [-0.1, -0.05) is 6.92 Å². The van der Waals surface area contributed by atoms with Crippen molar-refractivity contribution in [3.8, 4) is 0 Å². The third-order valence-electron chi connectivity index (χ3n) is 2.11. The number of rotatable bonds is 5. The number of imidazole rings is 1. The molecule has 5 heteroatoms. The van der Waals surface area contributed by atoms with E-state index in [0.29, 0.717) is 6.42 Å². The van der Waals surface area contributed by atoms with Crippen molar-refractivity contribution >= 4 is 17.7 Å². The first-order chi connectivity index (χ1) is 7.13. The van der Waals surface area contributed by atoms with Gasteiger partial charge in [-0.05, 0) is 0 Å². The molecule has 1 rings (SSSR count). The molecule has 0 spiro atoms. The first kappa shape index (κ1) is 12.1. The van der Waals surface area contributed by atoms with Crippen molar-refractivity contribution in [3.05, 3.63) is 18.2 Å². The van der Waals surface area contributed by atoms with Crippen molar-refractivity contribution < 1.29 is 9.53 Å². The minimum atomic E-state index is -0.153. The Labute approximate surface area is 94.0 Å². The second-order valence-corrected chi connectivity index (χ2v) is 4.82. The number of carbonyl (C=O) groups is 1. The largest absolute Gasteiger partial charge is 0.469 e. The minimum absolute atomic E-state index is 0.153. The molecule has 0 N–H and O–H groups in total. The Hall–Kier alpha value is -0.970. The number of aryl methyl sites for hydroxylation is 1.